The lowest BCUT2D eigenvalue weighted by atomic mass is 10.1. The van der Waals surface area contributed by atoms with Gasteiger partial charge in [0.05, 0.1) is 6.42 Å². The number of ether oxygens (including phenoxy) is 2. The molecule has 0 radical (unpaired) electrons. The van der Waals surface area contributed by atoms with Gasteiger partial charge in [0.25, 0.3) is 0 Å². The molecule has 0 aliphatic carbocycles. The van der Waals surface area contributed by atoms with Crippen LogP contribution in [0.2, 0.25) is 0 Å². The van der Waals surface area contributed by atoms with Crippen molar-refractivity contribution in [2.75, 3.05) is 19.7 Å². The van der Waals surface area contributed by atoms with Crippen LogP contribution in [0.25, 0.3) is 6.08 Å². The second-order valence-corrected chi connectivity index (χ2v) is 5.60. The van der Waals surface area contributed by atoms with E-state index >= 15 is 0 Å². The van der Waals surface area contributed by atoms with E-state index in [1.54, 1.807) is 0 Å². The lowest BCUT2D eigenvalue weighted by Gasteiger charge is -2.06. The van der Waals surface area contributed by atoms with Gasteiger partial charge in [0.2, 0.25) is 0 Å². The van der Waals surface area contributed by atoms with Gasteiger partial charge in [0.1, 0.15) is 12.4 Å². The Kier molecular flexibility index (Phi) is 8.66. The number of rotatable bonds is 11. The van der Waals surface area contributed by atoms with Crippen LogP contribution in [0, 0.1) is 0 Å². The van der Waals surface area contributed by atoms with Crippen molar-refractivity contribution in [2.24, 2.45) is 0 Å². The van der Waals surface area contributed by atoms with Crippen LogP contribution in [0.5, 0.6) is 5.75 Å². The number of hydrogen-bond acceptors (Lipinski definition) is 5. The van der Waals surface area contributed by atoms with E-state index in [0.717, 1.165) is 24.3 Å². The second-order valence-electron chi connectivity index (χ2n) is 5.60. The molecule has 0 unspecified atom stereocenters. The second kappa shape index (κ2) is 11.6. The summed E-state index contributed by atoms with van der Waals surface area (Å²) in [7, 11) is 0. The molecule has 0 heterocycles. The average molecular weight is 353 g/mol. The molecule has 2 aromatic carbocycles. The van der Waals surface area contributed by atoms with E-state index in [2.05, 4.69) is 10.1 Å². The molecule has 26 heavy (non-hydrogen) atoms. The summed E-state index contributed by atoms with van der Waals surface area (Å²) in [4.78, 5) is 21.0. The Morgan fingerprint density at radius 1 is 1.00 bits per heavy atom. The van der Waals surface area contributed by atoms with Gasteiger partial charge in [0.15, 0.2) is 0 Å². The van der Waals surface area contributed by atoms with Crippen molar-refractivity contribution in [3.05, 3.63) is 71.8 Å². The molecule has 5 heteroatoms. The van der Waals surface area contributed by atoms with Crippen LogP contribution in [0.15, 0.2) is 60.7 Å². The molecule has 2 rings (SSSR count). The van der Waals surface area contributed by atoms with Crippen LogP contribution in [-0.4, -0.2) is 32.1 Å². The van der Waals surface area contributed by atoms with Crippen LogP contribution < -0.4 is 10.1 Å². The fourth-order valence-electron chi connectivity index (χ4n) is 2.31. The fraction of sp³-hybridized carbons (Fsp3) is 0.238. The van der Waals surface area contributed by atoms with Crippen molar-refractivity contribution in [1.82, 2.24) is 5.32 Å². The predicted molar refractivity (Wildman–Crippen MR) is 101 cm³/mol. The van der Waals surface area contributed by atoms with E-state index < -0.39 is 5.97 Å². The molecular weight excluding hydrogens is 330 g/mol. The summed E-state index contributed by atoms with van der Waals surface area (Å²) in [6.45, 7) is 1.91. The van der Waals surface area contributed by atoms with Crippen LogP contribution in [-0.2, 0) is 20.7 Å². The summed E-state index contributed by atoms with van der Waals surface area (Å²) in [5, 5.41) is 3.14. The van der Waals surface area contributed by atoms with Gasteiger partial charge in [-0.05, 0) is 42.3 Å². The molecule has 2 aromatic rings. The maximum absolute atomic E-state index is 11.0. The van der Waals surface area contributed by atoms with Gasteiger partial charge < -0.3 is 14.8 Å². The van der Waals surface area contributed by atoms with Crippen LogP contribution in [0.3, 0.4) is 0 Å². The van der Waals surface area contributed by atoms with Gasteiger partial charge in [-0.25, -0.2) is 0 Å². The molecule has 0 spiro atoms. The highest BCUT2D eigenvalue weighted by atomic mass is 16.6. The van der Waals surface area contributed by atoms with E-state index in [9.17, 15) is 9.59 Å². The maximum atomic E-state index is 11.0. The van der Waals surface area contributed by atoms with E-state index in [4.69, 9.17) is 4.74 Å². The first-order valence-electron chi connectivity index (χ1n) is 8.55. The van der Waals surface area contributed by atoms with E-state index in [-0.39, 0.29) is 12.9 Å². The number of carbonyl (C=O) groups excluding carboxylic acids is 2. The third-order valence-electron chi connectivity index (χ3n) is 3.66. The van der Waals surface area contributed by atoms with Gasteiger partial charge in [-0.3, -0.25) is 9.59 Å². The summed E-state index contributed by atoms with van der Waals surface area (Å²) >= 11 is 0. The molecule has 0 atom stereocenters. The molecule has 0 aliphatic rings. The molecule has 0 amide bonds. The quantitative estimate of drug-likeness (QED) is 0.291. The molecule has 0 saturated carbocycles. The van der Waals surface area contributed by atoms with E-state index in [1.165, 1.54) is 5.56 Å². The molecule has 136 valence electrons. The van der Waals surface area contributed by atoms with Gasteiger partial charge in [-0.15, -0.1) is 0 Å². The smallest absolute Gasteiger partial charge is 0.314 e. The minimum absolute atomic E-state index is 0.156. The van der Waals surface area contributed by atoms with Gasteiger partial charge in [-0.2, -0.15) is 0 Å². The highest BCUT2D eigenvalue weighted by Crippen LogP contribution is 2.12. The Balaban J connectivity index is 1.62. The monoisotopic (exact) mass is 353 g/mol. The average Bonchev–Trinajstić information content (AvgIpc) is 2.67. The Labute approximate surface area is 153 Å². The fourth-order valence-corrected chi connectivity index (χ4v) is 2.31. The Bertz CT molecular complexity index is 696. The number of benzene rings is 2. The van der Waals surface area contributed by atoms with Gasteiger partial charge >= 0.3 is 12.4 Å². The van der Waals surface area contributed by atoms with Gasteiger partial charge in [0, 0.05) is 6.54 Å². The molecule has 0 saturated heterocycles. The first-order chi connectivity index (χ1) is 12.8. The van der Waals surface area contributed by atoms with Crippen LogP contribution in [0.4, 0.5) is 0 Å². The minimum Gasteiger partial charge on any atom is -0.490 e. The Morgan fingerprint density at radius 2 is 1.77 bits per heavy atom. The largest absolute Gasteiger partial charge is 0.490 e. The topological polar surface area (TPSA) is 64.6 Å². The third-order valence-corrected chi connectivity index (χ3v) is 3.66. The molecule has 5 nitrogen and oxygen atoms in total. The van der Waals surface area contributed by atoms with Crippen molar-refractivity contribution >= 4 is 18.5 Å². The number of hydrogen-bond donors (Lipinski definition) is 1. The Morgan fingerprint density at radius 3 is 2.50 bits per heavy atom. The van der Waals surface area contributed by atoms with E-state index in [1.807, 2.05) is 66.7 Å². The summed E-state index contributed by atoms with van der Waals surface area (Å²) in [6, 6.07) is 18.1. The molecular formula is C21H23NO4. The molecule has 0 fully saturated rings. The van der Waals surface area contributed by atoms with Crippen LogP contribution >= 0.6 is 0 Å². The number of esters is 1. The van der Waals surface area contributed by atoms with E-state index in [0.29, 0.717) is 13.2 Å². The zero-order chi connectivity index (χ0) is 18.5. The number of nitrogens with one attached hydrogen (secondary N) is 1. The maximum Gasteiger partial charge on any atom is 0.314 e. The van der Waals surface area contributed by atoms with Gasteiger partial charge in [-0.1, -0.05) is 48.5 Å². The summed E-state index contributed by atoms with van der Waals surface area (Å²) in [5.41, 5.74) is 2.33. The molecule has 0 aliphatic heterocycles. The third kappa shape index (κ3) is 7.77. The van der Waals surface area contributed by atoms with Crippen molar-refractivity contribution in [3.8, 4) is 5.75 Å². The predicted octanol–water partition coefficient (Wildman–Crippen LogP) is 3.00. The normalized spacial score (nSPS) is 10.6. The molecule has 0 bridgehead atoms. The van der Waals surface area contributed by atoms with Crippen LogP contribution in [0.1, 0.15) is 17.5 Å². The van der Waals surface area contributed by atoms with Crippen molar-refractivity contribution in [2.45, 2.75) is 12.8 Å². The lowest BCUT2D eigenvalue weighted by Crippen LogP contribution is -2.21. The zero-order valence-electron chi connectivity index (χ0n) is 14.6. The summed E-state index contributed by atoms with van der Waals surface area (Å²) in [6.07, 6.45) is 5.05. The SMILES string of the molecule is O=COC(=O)CCNCCc1ccc(OC/C=C/c2ccccc2)cc1. The first kappa shape index (κ1) is 19.4. The highest BCUT2D eigenvalue weighted by Gasteiger charge is 2.01. The summed E-state index contributed by atoms with van der Waals surface area (Å²) in [5.74, 6) is 0.311. The minimum atomic E-state index is -0.518. The van der Waals surface area contributed by atoms with Crippen molar-refractivity contribution in [1.29, 1.82) is 0 Å². The molecule has 1 N–H and O–H groups in total. The summed E-state index contributed by atoms with van der Waals surface area (Å²) < 4.78 is 9.90. The zero-order valence-corrected chi connectivity index (χ0v) is 14.6. The lowest BCUT2D eigenvalue weighted by molar-refractivity contribution is -0.151. The number of carbonyl (C=O) groups is 2. The Hall–Kier alpha value is -2.92. The molecule has 0 aromatic heterocycles. The van der Waals surface area contributed by atoms with Crippen molar-refractivity contribution < 1.29 is 19.1 Å². The highest BCUT2D eigenvalue weighted by molar-refractivity contribution is 5.76. The first-order valence-corrected chi connectivity index (χ1v) is 8.55. The standard InChI is InChI=1S/C21H23NO4/c23-17-26-21(24)13-15-22-14-12-19-8-10-20(11-9-19)25-16-4-7-18-5-2-1-3-6-18/h1-11,17,22H,12-16H2/b7-4+. The van der Waals surface area contributed by atoms with Crippen molar-refractivity contribution in [3.63, 3.8) is 0 Å².